The summed E-state index contributed by atoms with van der Waals surface area (Å²) in [5.74, 6) is -0.466. The summed E-state index contributed by atoms with van der Waals surface area (Å²) in [6.07, 6.45) is 79.0. The van der Waals surface area contributed by atoms with Crippen LogP contribution in [-0.4, -0.2) is 37.9 Å². The lowest BCUT2D eigenvalue weighted by Gasteiger charge is -2.18. The number of unbranched alkanes of at least 4 members (excludes halogenated alkanes) is 14. The van der Waals surface area contributed by atoms with Gasteiger partial charge in [-0.05, 0) is 128 Å². The maximum absolute atomic E-state index is 12.8. The zero-order valence-electron chi connectivity index (χ0n) is 42.7. The highest BCUT2D eigenvalue weighted by Crippen LogP contribution is 2.12. The predicted octanol–water partition coefficient (Wildman–Crippen LogP) is 18.3. The molecule has 0 N–H and O–H groups in total. The van der Waals surface area contributed by atoms with Gasteiger partial charge < -0.3 is 14.2 Å². The highest BCUT2D eigenvalue weighted by molar-refractivity contribution is 5.70. The molecular weight excluding hydrogens is 813 g/mol. The monoisotopic (exact) mass is 911 g/mol. The minimum atomic E-state index is -0.579. The summed E-state index contributed by atoms with van der Waals surface area (Å²) in [5, 5.41) is 0. The van der Waals surface area contributed by atoms with Gasteiger partial charge in [-0.15, -0.1) is 0 Å². The van der Waals surface area contributed by atoms with E-state index >= 15 is 0 Å². The second-order valence-electron chi connectivity index (χ2n) is 17.0. The number of rotatable bonds is 47. The third kappa shape index (κ3) is 52.7. The topological polar surface area (TPSA) is 61.8 Å². The summed E-state index contributed by atoms with van der Waals surface area (Å²) in [6.45, 7) is 7.37. The molecule has 1 unspecified atom stereocenters. The van der Waals surface area contributed by atoms with Crippen LogP contribution in [0.3, 0.4) is 0 Å². The van der Waals surface area contributed by atoms with Gasteiger partial charge in [-0.2, -0.15) is 0 Å². The first-order valence-corrected chi connectivity index (χ1v) is 26.7. The molecule has 0 bridgehead atoms. The molecule has 0 aliphatic rings. The summed E-state index contributed by atoms with van der Waals surface area (Å²) in [6, 6.07) is 0. The molecule has 1 atom stereocenters. The minimum Gasteiger partial charge on any atom is -0.462 e. The first kappa shape index (κ1) is 62.0. The van der Waals surface area contributed by atoms with Gasteiger partial charge in [-0.25, -0.2) is 0 Å². The van der Waals surface area contributed by atoms with Crippen LogP contribution in [0.4, 0.5) is 0 Å². The van der Waals surface area contributed by atoms with Crippen molar-refractivity contribution in [1.29, 1.82) is 0 Å². The molecule has 0 aliphatic carbocycles. The molecule has 0 rings (SSSR count). The van der Waals surface area contributed by atoms with Gasteiger partial charge in [-0.1, -0.05) is 206 Å². The van der Waals surface area contributed by atoms with Crippen molar-refractivity contribution in [2.45, 2.75) is 219 Å². The molecule has 0 saturated carbocycles. The van der Waals surface area contributed by atoms with Crippen molar-refractivity contribution >= 4 is 11.9 Å². The normalized spacial score (nSPS) is 13.3. The second-order valence-corrected chi connectivity index (χ2v) is 17.0. The molecule has 0 heterocycles. The van der Waals surface area contributed by atoms with E-state index in [-0.39, 0.29) is 25.2 Å². The van der Waals surface area contributed by atoms with E-state index in [1.165, 1.54) is 32.1 Å². The van der Waals surface area contributed by atoms with Crippen molar-refractivity contribution in [3.8, 4) is 0 Å². The van der Waals surface area contributed by atoms with E-state index in [4.69, 9.17) is 14.2 Å². The molecule has 0 aliphatic heterocycles. The summed E-state index contributed by atoms with van der Waals surface area (Å²) < 4.78 is 17.4. The van der Waals surface area contributed by atoms with Crippen LogP contribution in [0.5, 0.6) is 0 Å². The third-order valence-corrected chi connectivity index (χ3v) is 10.7. The maximum Gasteiger partial charge on any atom is 0.306 e. The van der Waals surface area contributed by atoms with E-state index < -0.39 is 6.10 Å². The van der Waals surface area contributed by atoms with Gasteiger partial charge in [0.2, 0.25) is 0 Å². The number of ether oxygens (including phenoxy) is 3. The van der Waals surface area contributed by atoms with Crippen LogP contribution in [0.2, 0.25) is 0 Å². The molecule has 0 aromatic rings. The predicted molar refractivity (Wildman–Crippen MR) is 288 cm³/mol. The quantitative estimate of drug-likeness (QED) is 0.0346. The van der Waals surface area contributed by atoms with E-state index in [0.29, 0.717) is 19.4 Å². The van der Waals surface area contributed by atoms with Crippen molar-refractivity contribution in [3.63, 3.8) is 0 Å². The first-order chi connectivity index (χ1) is 32.6. The molecule has 66 heavy (non-hydrogen) atoms. The van der Waals surface area contributed by atoms with Crippen LogP contribution in [0, 0.1) is 0 Å². The Bertz CT molecular complexity index is 1400. The fourth-order valence-electron chi connectivity index (χ4n) is 6.80. The Morgan fingerprint density at radius 2 is 0.636 bits per heavy atom. The Hall–Kier alpha value is -3.96. The van der Waals surface area contributed by atoms with Gasteiger partial charge in [0.15, 0.2) is 6.10 Å². The number of hydrogen-bond acceptors (Lipinski definition) is 5. The Kier molecular flexibility index (Phi) is 52.0. The molecule has 0 spiro atoms. The number of hydrogen-bond donors (Lipinski definition) is 0. The van der Waals surface area contributed by atoms with Gasteiger partial charge in [0.05, 0.1) is 6.61 Å². The average molecular weight is 911 g/mol. The van der Waals surface area contributed by atoms with Crippen molar-refractivity contribution in [2.75, 3.05) is 19.8 Å². The van der Waals surface area contributed by atoms with Gasteiger partial charge in [0.1, 0.15) is 6.61 Å². The molecule has 0 saturated heterocycles. The van der Waals surface area contributed by atoms with Crippen molar-refractivity contribution < 1.29 is 23.8 Å². The van der Waals surface area contributed by atoms with E-state index in [0.717, 1.165) is 148 Å². The van der Waals surface area contributed by atoms with E-state index in [1.807, 2.05) is 0 Å². The third-order valence-electron chi connectivity index (χ3n) is 10.7. The zero-order chi connectivity index (χ0) is 47.7. The lowest BCUT2D eigenvalue weighted by Crippen LogP contribution is -2.30. The van der Waals surface area contributed by atoms with Gasteiger partial charge in [-0.3, -0.25) is 9.59 Å². The molecule has 0 radical (unpaired) electrons. The Morgan fingerprint density at radius 1 is 0.333 bits per heavy atom. The molecule has 0 fully saturated rings. The van der Waals surface area contributed by atoms with Crippen LogP contribution in [0.15, 0.2) is 134 Å². The number of allylic oxidation sites excluding steroid dienone is 22. The zero-order valence-corrected chi connectivity index (χ0v) is 42.7. The fourth-order valence-corrected chi connectivity index (χ4v) is 6.80. The molecule has 5 nitrogen and oxygen atoms in total. The van der Waals surface area contributed by atoms with Crippen molar-refractivity contribution in [3.05, 3.63) is 134 Å². The lowest BCUT2D eigenvalue weighted by molar-refractivity contribution is -0.163. The standard InChI is InChI=1S/C61H98O5/c1-4-7-10-13-16-19-22-25-27-29-30-31-33-35-38-41-44-47-50-53-56-64-57-59(66-61(63)55-52-49-46-43-40-36-24-21-18-15-12-9-6-3)58-65-60(62)54-51-48-45-42-39-37-34-32-28-26-23-20-17-14-11-8-5-2/h7-12,16-21,25-28,30-31,35-36,38,40,59H,4-6,13-15,22-24,29,32-34,37,39,41-58H2,1-3H3/b10-7-,11-8-,12-9-,19-16-,20-17-,21-18-,27-25-,28-26-,31-30-,38-35-,40-36-. The van der Waals surface area contributed by atoms with E-state index in [2.05, 4.69) is 154 Å². The molecule has 0 amide bonds. The van der Waals surface area contributed by atoms with Crippen molar-refractivity contribution in [2.24, 2.45) is 0 Å². The lowest BCUT2D eigenvalue weighted by atomic mass is 10.1. The smallest absolute Gasteiger partial charge is 0.306 e. The van der Waals surface area contributed by atoms with E-state index in [1.54, 1.807) is 0 Å². The largest absolute Gasteiger partial charge is 0.462 e. The molecule has 372 valence electrons. The number of esters is 2. The molecular formula is C61H98O5. The second kappa shape index (κ2) is 55.4. The van der Waals surface area contributed by atoms with Crippen LogP contribution >= 0.6 is 0 Å². The molecule has 0 aromatic carbocycles. The van der Waals surface area contributed by atoms with Crippen LogP contribution in [0.25, 0.3) is 0 Å². The number of carbonyl (C=O) groups is 2. The molecule has 5 heteroatoms. The Labute approximate surface area is 407 Å². The summed E-state index contributed by atoms with van der Waals surface area (Å²) in [5.41, 5.74) is 0. The van der Waals surface area contributed by atoms with Gasteiger partial charge in [0, 0.05) is 19.4 Å². The highest BCUT2D eigenvalue weighted by Gasteiger charge is 2.17. The number of carbonyl (C=O) groups excluding carboxylic acids is 2. The Balaban J connectivity index is 4.39. The molecule has 0 aromatic heterocycles. The first-order valence-electron chi connectivity index (χ1n) is 26.7. The maximum atomic E-state index is 12.8. The van der Waals surface area contributed by atoms with Crippen LogP contribution < -0.4 is 0 Å². The highest BCUT2D eigenvalue weighted by atomic mass is 16.6. The minimum absolute atomic E-state index is 0.0486. The fraction of sp³-hybridized carbons (Fsp3) is 0.607. The Morgan fingerprint density at radius 3 is 1.03 bits per heavy atom. The average Bonchev–Trinajstić information content (AvgIpc) is 3.32. The van der Waals surface area contributed by atoms with Gasteiger partial charge >= 0.3 is 11.9 Å². The summed E-state index contributed by atoms with van der Waals surface area (Å²) in [7, 11) is 0. The van der Waals surface area contributed by atoms with E-state index in [9.17, 15) is 9.59 Å². The summed E-state index contributed by atoms with van der Waals surface area (Å²) in [4.78, 5) is 25.4. The van der Waals surface area contributed by atoms with Crippen LogP contribution in [-0.2, 0) is 23.8 Å². The van der Waals surface area contributed by atoms with Gasteiger partial charge in [0.25, 0.3) is 0 Å². The SMILES string of the molecule is CC/C=C\C/C=C\C/C=C\C/C=C\C/C=C\CCCCCCOCC(COC(=O)CCCCCCCCC/C=C\C/C=C\C/C=C\CC)OC(=O)CCCCC/C=C\C/C=C\C/C=C\CC. The van der Waals surface area contributed by atoms with Crippen molar-refractivity contribution in [1.82, 2.24) is 0 Å². The van der Waals surface area contributed by atoms with Crippen LogP contribution in [0.1, 0.15) is 213 Å². The summed E-state index contributed by atoms with van der Waals surface area (Å²) >= 11 is 0.